The van der Waals surface area contributed by atoms with Crippen molar-refractivity contribution in [3.8, 4) is 0 Å². The average molecular weight is 487 g/mol. The minimum atomic E-state index is -3.93. The average Bonchev–Trinajstić information content (AvgIpc) is 2.74. The van der Waals surface area contributed by atoms with Crippen molar-refractivity contribution in [1.29, 1.82) is 0 Å². The Morgan fingerprint density at radius 1 is 0.688 bits per heavy atom. The zero-order valence-electron chi connectivity index (χ0n) is 18.6. The molecule has 0 radical (unpaired) electrons. The summed E-state index contributed by atoms with van der Waals surface area (Å²) in [6, 6.07) is 11.1. The number of hydrogen-bond acceptors (Lipinski definition) is 8. The number of ether oxygens (including phenoxy) is 2. The van der Waals surface area contributed by atoms with E-state index < -0.39 is 20.2 Å². The van der Waals surface area contributed by atoms with Crippen molar-refractivity contribution in [2.75, 3.05) is 39.6 Å². The largest absolute Gasteiger partial charge is 0.381 e. The van der Waals surface area contributed by atoms with Gasteiger partial charge >= 0.3 is 0 Å². The minimum Gasteiger partial charge on any atom is -0.381 e. The predicted molar refractivity (Wildman–Crippen MR) is 120 cm³/mol. The van der Waals surface area contributed by atoms with Crippen LogP contribution in [0.25, 0.3) is 0 Å². The summed E-state index contributed by atoms with van der Waals surface area (Å²) in [5.74, 6) is 0. The molecule has 0 aliphatic heterocycles. The summed E-state index contributed by atoms with van der Waals surface area (Å²) in [5, 5.41) is 0. The molecule has 2 rings (SSSR count). The van der Waals surface area contributed by atoms with Crippen molar-refractivity contribution < 1.29 is 34.7 Å². The summed E-state index contributed by atoms with van der Waals surface area (Å²) >= 11 is 0. The van der Waals surface area contributed by atoms with Crippen molar-refractivity contribution >= 4 is 20.2 Å². The van der Waals surface area contributed by atoms with Gasteiger partial charge in [0.1, 0.15) is 0 Å². The lowest BCUT2D eigenvalue weighted by Crippen LogP contribution is -2.15. The van der Waals surface area contributed by atoms with Gasteiger partial charge in [-0.25, -0.2) is 0 Å². The van der Waals surface area contributed by atoms with Crippen molar-refractivity contribution in [1.82, 2.24) is 0 Å². The summed E-state index contributed by atoms with van der Waals surface area (Å²) < 4.78 is 69.5. The van der Waals surface area contributed by atoms with E-state index in [0.29, 0.717) is 19.6 Å². The van der Waals surface area contributed by atoms with Crippen molar-refractivity contribution in [2.24, 2.45) is 0 Å². The van der Waals surface area contributed by atoms with E-state index >= 15 is 0 Å². The third-order valence-electron chi connectivity index (χ3n) is 4.57. The first-order valence-corrected chi connectivity index (χ1v) is 13.1. The molecule has 0 atom stereocenters. The molecule has 0 bridgehead atoms. The van der Waals surface area contributed by atoms with Crippen LogP contribution in [0.5, 0.6) is 0 Å². The molecule has 0 heterocycles. The maximum absolute atomic E-state index is 12.4. The van der Waals surface area contributed by atoms with Crippen molar-refractivity contribution in [3.63, 3.8) is 0 Å². The van der Waals surface area contributed by atoms with E-state index in [9.17, 15) is 16.8 Å². The van der Waals surface area contributed by atoms with Gasteiger partial charge in [-0.1, -0.05) is 23.8 Å². The highest BCUT2D eigenvalue weighted by molar-refractivity contribution is 7.87. The molecule has 0 aliphatic rings. The Labute approximate surface area is 190 Å². The smallest absolute Gasteiger partial charge is 0.297 e. The molecule has 0 aliphatic carbocycles. The molecule has 2 aromatic carbocycles. The maximum atomic E-state index is 12.4. The summed E-state index contributed by atoms with van der Waals surface area (Å²) in [7, 11) is -7.80. The number of aryl methyl sites for hydroxylation is 2. The van der Waals surface area contributed by atoms with Crippen LogP contribution in [0, 0.1) is 13.8 Å². The fourth-order valence-electron chi connectivity index (χ4n) is 2.75. The van der Waals surface area contributed by atoms with Crippen LogP contribution in [0.3, 0.4) is 0 Å². The molecular weight excluding hydrogens is 456 g/mol. The minimum absolute atomic E-state index is 0.0272. The second-order valence-corrected chi connectivity index (χ2v) is 10.2. The highest BCUT2D eigenvalue weighted by atomic mass is 32.2. The molecule has 8 nitrogen and oxygen atoms in total. The van der Waals surface area contributed by atoms with Crippen molar-refractivity contribution in [2.45, 2.75) is 37.0 Å². The molecule has 0 unspecified atom stereocenters. The Morgan fingerprint density at radius 2 is 1.25 bits per heavy atom. The normalized spacial score (nSPS) is 12.2. The summed E-state index contributed by atoms with van der Waals surface area (Å²) in [6.07, 6.45) is 0.609. The second kappa shape index (κ2) is 12.4. The maximum Gasteiger partial charge on any atom is 0.297 e. The van der Waals surface area contributed by atoms with Crippen LogP contribution in [0.1, 0.15) is 23.6 Å². The number of benzene rings is 2. The lowest BCUT2D eigenvalue weighted by atomic mass is 10.1. The molecule has 0 fully saturated rings. The monoisotopic (exact) mass is 486 g/mol. The highest BCUT2D eigenvalue weighted by Gasteiger charge is 2.17. The van der Waals surface area contributed by atoms with E-state index in [1.54, 1.807) is 24.3 Å². The van der Waals surface area contributed by atoms with E-state index in [1.807, 2.05) is 20.8 Å². The fraction of sp³-hybridized carbons (Fsp3) is 0.455. The molecule has 0 amide bonds. The SMILES string of the molecule is CCOCCc1cc(S(=O)(=O)OCCOCCOS(=O)(=O)c2ccc(C)cc2)ccc1C. The van der Waals surface area contributed by atoms with Crippen LogP contribution < -0.4 is 0 Å². The van der Waals surface area contributed by atoms with Gasteiger partial charge in [-0.05, 0) is 62.6 Å². The van der Waals surface area contributed by atoms with E-state index in [2.05, 4.69) is 0 Å². The lowest BCUT2D eigenvalue weighted by molar-refractivity contribution is 0.0794. The highest BCUT2D eigenvalue weighted by Crippen LogP contribution is 2.18. The Kier molecular flexibility index (Phi) is 10.3. The molecule has 0 spiro atoms. The Balaban J connectivity index is 1.75. The van der Waals surface area contributed by atoms with Gasteiger partial charge in [-0.2, -0.15) is 16.8 Å². The van der Waals surface area contributed by atoms with Gasteiger partial charge < -0.3 is 9.47 Å². The molecule has 32 heavy (non-hydrogen) atoms. The topological polar surface area (TPSA) is 105 Å². The first-order chi connectivity index (χ1) is 15.2. The first kappa shape index (κ1) is 26.4. The number of hydrogen-bond donors (Lipinski definition) is 0. The Hall–Kier alpha value is -1.82. The van der Waals surface area contributed by atoms with Gasteiger partial charge in [0.2, 0.25) is 0 Å². The van der Waals surface area contributed by atoms with E-state index in [4.69, 9.17) is 17.8 Å². The third kappa shape index (κ3) is 8.27. The quantitative estimate of drug-likeness (QED) is 0.296. The van der Waals surface area contributed by atoms with Gasteiger partial charge in [0, 0.05) is 6.61 Å². The van der Waals surface area contributed by atoms with Crippen LogP contribution in [-0.4, -0.2) is 56.5 Å². The third-order valence-corrected chi connectivity index (χ3v) is 7.21. The van der Waals surface area contributed by atoms with E-state index in [1.165, 1.54) is 18.2 Å². The van der Waals surface area contributed by atoms with Gasteiger partial charge in [0.15, 0.2) is 0 Å². The van der Waals surface area contributed by atoms with Crippen LogP contribution in [0.15, 0.2) is 52.3 Å². The molecule has 0 saturated carbocycles. The Morgan fingerprint density at radius 3 is 1.84 bits per heavy atom. The second-order valence-electron chi connectivity index (χ2n) is 7.01. The van der Waals surface area contributed by atoms with Gasteiger partial charge in [0.25, 0.3) is 20.2 Å². The van der Waals surface area contributed by atoms with Crippen LogP contribution in [0.4, 0.5) is 0 Å². The van der Waals surface area contributed by atoms with Crippen LogP contribution >= 0.6 is 0 Å². The zero-order chi connectivity index (χ0) is 23.6. The molecule has 10 heteroatoms. The number of rotatable bonds is 14. The van der Waals surface area contributed by atoms with Crippen LogP contribution in [-0.2, 0) is 44.5 Å². The van der Waals surface area contributed by atoms with Crippen molar-refractivity contribution in [3.05, 3.63) is 59.2 Å². The molecule has 0 saturated heterocycles. The van der Waals surface area contributed by atoms with E-state index in [0.717, 1.165) is 16.7 Å². The molecular formula is C22H30O8S2. The zero-order valence-corrected chi connectivity index (χ0v) is 20.2. The van der Waals surface area contributed by atoms with E-state index in [-0.39, 0.29) is 36.2 Å². The summed E-state index contributed by atoms with van der Waals surface area (Å²) in [6.45, 7) is 6.33. The van der Waals surface area contributed by atoms with Gasteiger partial charge in [-0.3, -0.25) is 8.37 Å². The molecule has 0 N–H and O–H groups in total. The summed E-state index contributed by atoms with van der Waals surface area (Å²) in [5.41, 5.74) is 2.80. The fourth-order valence-corrected chi connectivity index (χ4v) is 4.59. The Bertz CT molecular complexity index is 1060. The summed E-state index contributed by atoms with van der Waals surface area (Å²) in [4.78, 5) is 0.137. The lowest BCUT2D eigenvalue weighted by Gasteiger charge is -2.11. The molecule has 2 aromatic rings. The first-order valence-electron chi connectivity index (χ1n) is 10.3. The molecule has 178 valence electrons. The van der Waals surface area contributed by atoms with Gasteiger partial charge in [0.05, 0.1) is 42.8 Å². The predicted octanol–water partition coefficient (Wildman–Crippen LogP) is 3.01. The van der Waals surface area contributed by atoms with Crippen LogP contribution in [0.2, 0.25) is 0 Å². The van der Waals surface area contributed by atoms with Gasteiger partial charge in [-0.15, -0.1) is 0 Å². The molecule has 0 aromatic heterocycles. The standard InChI is InChI=1S/C22H30O8S2/c1-4-27-12-11-20-17-22(10-7-19(20)3)32(25,26)30-16-14-28-13-15-29-31(23,24)21-8-5-18(2)6-9-21/h5-10,17H,4,11-16H2,1-3H3.